The molecule has 2 aromatic carbocycles. The minimum absolute atomic E-state index is 0.149. The van der Waals surface area contributed by atoms with Gasteiger partial charge in [-0.3, -0.25) is 24.6 Å². The van der Waals surface area contributed by atoms with Crippen LogP contribution in [0.4, 0.5) is 5.69 Å². The van der Waals surface area contributed by atoms with Crippen LogP contribution >= 0.6 is 11.8 Å². The van der Waals surface area contributed by atoms with Crippen molar-refractivity contribution in [3.8, 4) is 0 Å². The van der Waals surface area contributed by atoms with E-state index in [1.165, 1.54) is 4.90 Å². The molecule has 3 heterocycles. The second-order valence-corrected chi connectivity index (χ2v) is 10.0. The molecule has 0 saturated carbocycles. The van der Waals surface area contributed by atoms with Gasteiger partial charge in [0.15, 0.2) is 0 Å². The molecule has 3 aliphatic rings. The highest BCUT2D eigenvalue weighted by molar-refractivity contribution is 7.98. The molecule has 172 valence electrons. The molecule has 1 spiro atoms. The van der Waals surface area contributed by atoms with Gasteiger partial charge in [0.25, 0.3) is 0 Å². The Morgan fingerprint density at radius 3 is 2.55 bits per heavy atom. The van der Waals surface area contributed by atoms with Gasteiger partial charge < -0.3 is 5.32 Å². The number of thioether (sulfide) groups is 1. The average molecular weight is 464 g/mol. The molecule has 0 unspecified atom stereocenters. The molecule has 4 atom stereocenters. The van der Waals surface area contributed by atoms with Gasteiger partial charge in [-0.05, 0) is 42.4 Å². The third-order valence-electron chi connectivity index (χ3n) is 7.41. The molecule has 0 radical (unpaired) electrons. The average Bonchev–Trinajstić information content (AvgIpc) is 3.41. The van der Waals surface area contributed by atoms with E-state index >= 15 is 0 Å². The Kier molecular flexibility index (Phi) is 5.79. The lowest BCUT2D eigenvalue weighted by Gasteiger charge is -2.29. The van der Waals surface area contributed by atoms with Crippen molar-refractivity contribution in [1.29, 1.82) is 0 Å². The largest absolute Gasteiger partial charge is 0.324 e. The second kappa shape index (κ2) is 8.61. The zero-order valence-electron chi connectivity index (χ0n) is 19.0. The van der Waals surface area contributed by atoms with Gasteiger partial charge in [0.1, 0.15) is 5.54 Å². The summed E-state index contributed by atoms with van der Waals surface area (Å²) in [5.74, 6) is -0.991. The first kappa shape index (κ1) is 22.2. The molecule has 0 aliphatic carbocycles. The third kappa shape index (κ3) is 3.32. The monoisotopic (exact) mass is 463 g/mol. The molecular formula is C26H29N3O3S. The van der Waals surface area contributed by atoms with Crippen LogP contribution in [0.3, 0.4) is 0 Å². The lowest BCUT2D eigenvalue weighted by molar-refractivity contribution is -0.142. The quantitative estimate of drug-likeness (QED) is 0.618. The first-order valence-corrected chi connectivity index (χ1v) is 13.0. The van der Waals surface area contributed by atoms with Crippen LogP contribution in [0, 0.1) is 11.8 Å². The summed E-state index contributed by atoms with van der Waals surface area (Å²) in [6, 6.07) is 15.5. The third-order valence-corrected chi connectivity index (χ3v) is 8.05. The van der Waals surface area contributed by atoms with Gasteiger partial charge in [-0.15, -0.1) is 0 Å². The number of carbonyl (C=O) groups excluding carboxylic acids is 3. The number of aryl methyl sites for hydroxylation is 1. The molecule has 2 saturated heterocycles. The molecular weight excluding hydrogens is 434 g/mol. The number of amides is 3. The van der Waals surface area contributed by atoms with Crippen LogP contribution in [-0.2, 0) is 32.8 Å². The van der Waals surface area contributed by atoms with Gasteiger partial charge in [0.2, 0.25) is 17.7 Å². The van der Waals surface area contributed by atoms with Gasteiger partial charge in [-0.1, -0.05) is 55.5 Å². The SMILES string of the molecule is CCc1cccc2c1NC(=O)[C@]21N[C@H](CCSC)[C@H]2C(=O)N(CCc3ccccc3)C(=O)[C@@H]21. The van der Waals surface area contributed by atoms with E-state index in [1.54, 1.807) is 11.8 Å². The number of carbonyl (C=O) groups is 3. The second-order valence-electron chi connectivity index (χ2n) is 9.05. The standard InChI is InChI=1S/C26H29N3O3S/c1-3-17-10-7-11-18-22(17)27-25(32)26(18)21-20(19(28-26)13-15-33-2)23(30)29(24(21)31)14-12-16-8-5-4-6-9-16/h4-11,19-21,28H,3,12-15H2,1-2H3,(H,27,32)/t19-,20-,21-,26+/m1/s1. The Balaban J connectivity index is 1.54. The number of likely N-dealkylation sites (tertiary alicyclic amines) is 1. The number of fused-ring (bicyclic) bond motifs is 4. The fourth-order valence-corrected chi connectivity index (χ4v) is 6.33. The van der Waals surface area contributed by atoms with Crippen LogP contribution in [-0.4, -0.2) is 47.2 Å². The minimum atomic E-state index is -1.19. The predicted molar refractivity (Wildman–Crippen MR) is 130 cm³/mol. The van der Waals surface area contributed by atoms with E-state index in [1.807, 2.05) is 54.8 Å². The van der Waals surface area contributed by atoms with Gasteiger partial charge in [-0.2, -0.15) is 11.8 Å². The summed E-state index contributed by atoms with van der Waals surface area (Å²) in [5, 5.41) is 6.58. The molecule has 5 rings (SSSR count). The van der Waals surface area contributed by atoms with E-state index in [-0.39, 0.29) is 23.8 Å². The minimum Gasteiger partial charge on any atom is -0.324 e. The van der Waals surface area contributed by atoms with Crippen molar-refractivity contribution in [1.82, 2.24) is 10.2 Å². The number of rotatable bonds is 7. The molecule has 3 amide bonds. The zero-order chi connectivity index (χ0) is 23.2. The van der Waals surface area contributed by atoms with Crippen LogP contribution in [0.2, 0.25) is 0 Å². The van der Waals surface area contributed by atoms with E-state index in [0.717, 1.165) is 41.0 Å². The molecule has 3 aliphatic heterocycles. The van der Waals surface area contributed by atoms with Crippen molar-refractivity contribution < 1.29 is 14.4 Å². The van der Waals surface area contributed by atoms with Crippen LogP contribution in [0.25, 0.3) is 0 Å². The van der Waals surface area contributed by atoms with E-state index in [2.05, 4.69) is 17.6 Å². The highest BCUT2D eigenvalue weighted by atomic mass is 32.2. The number of benzene rings is 2. The van der Waals surface area contributed by atoms with Crippen molar-refractivity contribution in [2.45, 2.75) is 37.8 Å². The summed E-state index contributed by atoms with van der Waals surface area (Å²) in [7, 11) is 0. The van der Waals surface area contributed by atoms with E-state index < -0.39 is 17.4 Å². The number of hydrogen-bond acceptors (Lipinski definition) is 5. The van der Waals surface area contributed by atoms with Gasteiger partial charge in [-0.25, -0.2) is 0 Å². The fraction of sp³-hybridized carbons (Fsp3) is 0.423. The molecule has 7 heteroatoms. The number of imide groups is 1. The Labute approximate surface area is 198 Å². The molecule has 2 fully saturated rings. The lowest BCUT2D eigenvalue weighted by atomic mass is 9.76. The van der Waals surface area contributed by atoms with Crippen LogP contribution in [0.1, 0.15) is 30.0 Å². The highest BCUT2D eigenvalue weighted by Crippen LogP contribution is 2.54. The first-order valence-electron chi connectivity index (χ1n) is 11.6. The van der Waals surface area contributed by atoms with Gasteiger partial charge in [0, 0.05) is 23.8 Å². The highest BCUT2D eigenvalue weighted by Gasteiger charge is 2.70. The summed E-state index contributed by atoms with van der Waals surface area (Å²) in [6.07, 6.45) is 4.14. The molecule has 33 heavy (non-hydrogen) atoms. The van der Waals surface area contributed by atoms with Crippen molar-refractivity contribution >= 4 is 35.2 Å². The number of nitrogens with zero attached hydrogens (tertiary/aromatic N) is 1. The molecule has 0 bridgehead atoms. The smallest absolute Gasteiger partial charge is 0.250 e. The molecule has 6 nitrogen and oxygen atoms in total. The normalized spacial score (nSPS) is 27.9. The summed E-state index contributed by atoms with van der Waals surface area (Å²) < 4.78 is 0. The van der Waals surface area contributed by atoms with Crippen molar-refractivity contribution in [3.05, 3.63) is 65.2 Å². The van der Waals surface area contributed by atoms with Crippen LogP contribution in [0.15, 0.2) is 48.5 Å². The maximum atomic E-state index is 13.8. The summed E-state index contributed by atoms with van der Waals surface area (Å²) in [5.41, 5.74) is 2.53. The zero-order valence-corrected chi connectivity index (χ0v) is 19.8. The van der Waals surface area contributed by atoms with Crippen LogP contribution < -0.4 is 10.6 Å². The molecule has 2 N–H and O–H groups in total. The van der Waals surface area contributed by atoms with E-state index in [9.17, 15) is 14.4 Å². The van der Waals surface area contributed by atoms with Gasteiger partial charge in [0.05, 0.1) is 11.8 Å². The fourth-order valence-electron chi connectivity index (χ4n) is 5.84. The topological polar surface area (TPSA) is 78.5 Å². The predicted octanol–water partition coefficient (Wildman–Crippen LogP) is 2.97. The van der Waals surface area contributed by atoms with Crippen molar-refractivity contribution in [3.63, 3.8) is 0 Å². The van der Waals surface area contributed by atoms with Crippen LogP contribution in [0.5, 0.6) is 0 Å². The lowest BCUT2D eigenvalue weighted by Crippen LogP contribution is -2.53. The first-order chi connectivity index (χ1) is 16.0. The Hall–Kier alpha value is -2.64. The Morgan fingerprint density at radius 1 is 1.03 bits per heavy atom. The Morgan fingerprint density at radius 2 is 1.82 bits per heavy atom. The summed E-state index contributed by atoms with van der Waals surface area (Å²) in [4.78, 5) is 42.4. The molecule has 0 aromatic heterocycles. The number of anilines is 1. The number of nitrogens with one attached hydrogen (secondary N) is 2. The maximum absolute atomic E-state index is 13.8. The van der Waals surface area contributed by atoms with E-state index in [0.29, 0.717) is 13.0 Å². The van der Waals surface area contributed by atoms with Crippen molar-refractivity contribution in [2.24, 2.45) is 11.8 Å². The Bertz CT molecular complexity index is 1110. The van der Waals surface area contributed by atoms with Gasteiger partial charge >= 0.3 is 0 Å². The van der Waals surface area contributed by atoms with E-state index in [4.69, 9.17) is 0 Å². The number of para-hydroxylation sites is 1. The summed E-state index contributed by atoms with van der Waals surface area (Å²) >= 11 is 1.71. The maximum Gasteiger partial charge on any atom is 0.250 e. The molecule has 2 aromatic rings. The number of hydrogen-bond donors (Lipinski definition) is 2. The summed E-state index contributed by atoms with van der Waals surface area (Å²) in [6.45, 7) is 2.39. The van der Waals surface area contributed by atoms with Crippen molar-refractivity contribution in [2.75, 3.05) is 23.9 Å².